The van der Waals surface area contributed by atoms with Gasteiger partial charge in [-0.05, 0) is 142 Å². The maximum Gasteiger partial charge on any atom is 0.264 e. The van der Waals surface area contributed by atoms with E-state index in [2.05, 4.69) is 185 Å². The van der Waals surface area contributed by atoms with Crippen molar-refractivity contribution < 1.29 is 0 Å². The molecule has 1 aromatic heterocycles. The van der Waals surface area contributed by atoms with Crippen molar-refractivity contribution in [2.75, 3.05) is 9.80 Å². The Balaban J connectivity index is 1.42. The van der Waals surface area contributed by atoms with Crippen molar-refractivity contribution in [1.82, 2.24) is 0 Å². The molecule has 4 heteroatoms. The molecule has 0 radical (unpaired) electrons. The number of benzene rings is 5. The number of fused-ring (bicyclic) bond motifs is 8. The minimum absolute atomic E-state index is 0.0213. The lowest BCUT2D eigenvalue weighted by atomic mass is 9.35. The largest absolute Gasteiger partial charge is 0.311 e. The van der Waals surface area contributed by atoms with Crippen molar-refractivity contribution in [2.24, 2.45) is 0 Å². The van der Waals surface area contributed by atoms with Crippen molar-refractivity contribution in [3.8, 4) is 0 Å². The molecule has 3 aliphatic rings. The predicted octanol–water partition coefficient (Wildman–Crippen LogP) is 12.9. The molecular formula is C51H57BN2S. The van der Waals surface area contributed by atoms with E-state index < -0.39 is 0 Å². The molecule has 0 unspecified atom stereocenters. The molecule has 2 nitrogen and oxygen atoms in total. The van der Waals surface area contributed by atoms with Crippen LogP contribution in [0.4, 0.5) is 34.1 Å². The summed E-state index contributed by atoms with van der Waals surface area (Å²) in [5, 5.41) is 1.35. The molecule has 0 N–H and O–H groups in total. The van der Waals surface area contributed by atoms with Gasteiger partial charge in [-0.1, -0.05) is 117 Å². The quantitative estimate of drug-likeness (QED) is 0.163. The molecule has 5 aromatic carbocycles. The maximum atomic E-state index is 2.71. The standard InChI is InChI=1S/C51H57BN2S/c1-30-14-23-42-36(26-30)45-47(55-42)52-38-21-20-37-43(51(12,13)25-24-50(37,10)11)46(38)54(39-22-17-34(29-32(39)3)49(7,8)9)41-28-31(2)27-40(44(41)52)53(45)35-18-15-33(16-19-35)48(4,5)6/h14-23,26-29H,24-25H2,1-13H3. The summed E-state index contributed by atoms with van der Waals surface area (Å²) in [7, 11) is 0. The van der Waals surface area contributed by atoms with Gasteiger partial charge in [0.15, 0.2) is 0 Å². The van der Waals surface area contributed by atoms with Crippen LogP contribution in [0.15, 0.2) is 84.9 Å². The number of thiophene rings is 1. The van der Waals surface area contributed by atoms with Gasteiger partial charge in [0.2, 0.25) is 0 Å². The van der Waals surface area contributed by atoms with Crippen LogP contribution in [0.25, 0.3) is 10.1 Å². The monoisotopic (exact) mass is 740 g/mol. The maximum absolute atomic E-state index is 2.71. The fourth-order valence-electron chi connectivity index (χ4n) is 9.95. The van der Waals surface area contributed by atoms with Crippen LogP contribution >= 0.6 is 11.3 Å². The van der Waals surface area contributed by atoms with Gasteiger partial charge >= 0.3 is 0 Å². The highest BCUT2D eigenvalue weighted by atomic mass is 32.1. The molecular weight excluding hydrogens is 683 g/mol. The van der Waals surface area contributed by atoms with E-state index in [9.17, 15) is 0 Å². The number of hydrogen-bond donors (Lipinski definition) is 0. The van der Waals surface area contributed by atoms with Crippen molar-refractivity contribution >= 4 is 78.0 Å². The zero-order chi connectivity index (χ0) is 39.1. The smallest absolute Gasteiger partial charge is 0.264 e. The van der Waals surface area contributed by atoms with Gasteiger partial charge < -0.3 is 9.80 Å². The molecule has 1 aliphatic carbocycles. The van der Waals surface area contributed by atoms with Crippen molar-refractivity contribution in [3.63, 3.8) is 0 Å². The average molecular weight is 741 g/mol. The fourth-order valence-corrected chi connectivity index (χ4v) is 11.3. The molecule has 0 atom stereocenters. The minimum Gasteiger partial charge on any atom is -0.311 e. The van der Waals surface area contributed by atoms with Crippen molar-refractivity contribution in [1.29, 1.82) is 0 Å². The topological polar surface area (TPSA) is 6.48 Å². The van der Waals surface area contributed by atoms with Crippen LogP contribution in [0.2, 0.25) is 0 Å². The van der Waals surface area contributed by atoms with Gasteiger partial charge in [0.1, 0.15) is 0 Å². The second-order valence-corrected chi connectivity index (χ2v) is 21.5. The van der Waals surface area contributed by atoms with E-state index in [0.29, 0.717) is 0 Å². The second-order valence-electron chi connectivity index (χ2n) is 20.4. The van der Waals surface area contributed by atoms with Gasteiger partial charge in [-0.15, -0.1) is 11.3 Å². The van der Waals surface area contributed by atoms with Crippen LogP contribution in [0.5, 0.6) is 0 Å². The van der Waals surface area contributed by atoms with Gasteiger partial charge in [0, 0.05) is 43.3 Å². The Labute approximate surface area is 334 Å². The van der Waals surface area contributed by atoms with E-state index in [1.807, 2.05) is 11.3 Å². The molecule has 0 spiro atoms. The Morgan fingerprint density at radius 3 is 1.89 bits per heavy atom. The fraction of sp³-hybridized carbons (Fsp3) is 0.373. The van der Waals surface area contributed by atoms with E-state index in [1.165, 1.54) is 112 Å². The highest BCUT2D eigenvalue weighted by Gasteiger charge is 2.49. The summed E-state index contributed by atoms with van der Waals surface area (Å²) in [6, 6.07) is 33.8. The molecule has 3 heterocycles. The van der Waals surface area contributed by atoms with Gasteiger partial charge in [-0.3, -0.25) is 0 Å². The lowest BCUT2D eigenvalue weighted by Crippen LogP contribution is -2.61. The zero-order valence-electron chi connectivity index (χ0n) is 35.4. The van der Waals surface area contributed by atoms with Crippen LogP contribution in [0, 0.1) is 20.8 Å². The lowest BCUT2D eigenvalue weighted by molar-refractivity contribution is 0.333. The summed E-state index contributed by atoms with van der Waals surface area (Å²) in [6.45, 7) is 30.8. The number of rotatable bonds is 2. The van der Waals surface area contributed by atoms with Crippen LogP contribution < -0.4 is 25.5 Å². The highest BCUT2D eigenvalue weighted by Crippen LogP contribution is 2.55. The van der Waals surface area contributed by atoms with E-state index >= 15 is 0 Å². The molecule has 0 fully saturated rings. The summed E-state index contributed by atoms with van der Waals surface area (Å²) < 4.78 is 2.81. The van der Waals surface area contributed by atoms with E-state index in [4.69, 9.17) is 0 Å². The Hall–Kier alpha value is -4.28. The van der Waals surface area contributed by atoms with E-state index in [1.54, 1.807) is 0 Å². The van der Waals surface area contributed by atoms with Gasteiger partial charge in [-0.2, -0.15) is 0 Å². The Kier molecular flexibility index (Phi) is 7.85. The lowest BCUT2D eigenvalue weighted by Gasteiger charge is -2.49. The van der Waals surface area contributed by atoms with Crippen molar-refractivity contribution in [3.05, 3.63) is 124 Å². The summed E-state index contributed by atoms with van der Waals surface area (Å²) in [4.78, 5) is 5.33. The van der Waals surface area contributed by atoms with Gasteiger partial charge in [-0.25, -0.2) is 0 Å². The Bertz CT molecular complexity index is 2550. The third-order valence-electron chi connectivity index (χ3n) is 13.2. The molecule has 9 rings (SSSR count). The molecule has 0 saturated carbocycles. The summed E-state index contributed by atoms with van der Waals surface area (Å²) >= 11 is 2.00. The van der Waals surface area contributed by atoms with Crippen molar-refractivity contribution in [2.45, 2.75) is 125 Å². The first-order valence-electron chi connectivity index (χ1n) is 20.4. The molecule has 55 heavy (non-hydrogen) atoms. The highest BCUT2D eigenvalue weighted by molar-refractivity contribution is 7.33. The molecule has 0 saturated heterocycles. The van der Waals surface area contributed by atoms with Crippen LogP contribution in [-0.4, -0.2) is 6.71 Å². The van der Waals surface area contributed by atoms with Gasteiger partial charge in [0.25, 0.3) is 6.71 Å². The Morgan fingerprint density at radius 1 is 0.600 bits per heavy atom. The summed E-state index contributed by atoms with van der Waals surface area (Å²) in [5.41, 5.74) is 20.7. The zero-order valence-corrected chi connectivity index (χ0v) is 36.2. The molecule has 0 bridgehead atoms. The number of anilines is 6. The normalized spacial score (nSPS) is 16.9. The number of hydrogen-bond acceptors (Lipinski definition) is 3. The van der Waals surface area contributed by atoms with Crippen LogP contribution in [-0.2, 0) is 21.7 Å². The first-order chi connectivity index (χ1) is 25.8. The predicted molar refractivity (Wildman–Crippen MR) is 243 cm³/mol. The first kappa shape index (κ1) is 36.4. The average Bonchev–Trinajstić information content (AvgIpc) is 3.47. The van der Waals surface area contributed by atoms with Crippen LogP contribution in [0.1, 0.15) is 121 Å². The van der Waals surface area contributed by atoms with Crippen LogP contribution in [0.3, 0.4) is 0 Å². The Morgan fingerprint density at radius 2 is 1.24 bits per heavy atom. The third-order valence-corrected chi connectivity index (χ3v) is 14.4. The molecule has 0 amide bonds. The number of aryl methyl sites for hydroxylation is 3. The van der Waals surface area contributed by atoms with E-state index in [0.717, 1.165) is 0 Å². The first-order valence-corrected chi connectivity index (χ1v) is 21.3. The summed E-state index contributed by atoms with van der Waals surface area (Å²) in [6.07, 6.45) is 2.36. The van der Waals surface area contributed by atoms with Gasteiger partial charge in [0.05, 0.1) is 5.69 Å². The third kappa shape index (κ3) is 5.48. The summed E-state index contributed by atoms with van der Waals surface area (Å²) in [5.74, 6) is 0. The minimum atomic E-state index is 0.0213. The number of nitrogens with zero attached hydrogens (tertiary/aromatic N) is 2. The molecule has 2 aliphatic heterocycles. The van der Waals surface area contributed by atoms with E-state index in [-0.39, 0.29) is 28.4 Å². The SMILES string of the molecule is Cc1cc2c3c(c1)N(c1ccc(C(C)(C)C)cc1)c1c(sc4ccc(C)cc14)B3c1ccc3c(c1N2c1ccc(C(C)(C)C)cc1C)C(C)(C)CCC3(C)C. The molecule has 280 valence electrons. The molecule has 6 aromatic rings. The second kappa shape index (κ2) is 11.9.